The third kappa shape index (κ3) is 5.40. The summed E-state index contributed by atoms with van der Waals surface area (Å²) in [4.78, 5) is 16.6. The maximum absolute atomic E-state index is 12.5. The van der Waals surface area contributed by atoms with Crippen molar-refractivity contribution in [1.82, 2.24) is 9.55 Å². The van der Waals surface area contributed by atoms with Gasteiger partial charge in [-0.1, -0.05) is 55.3 Å². The van der Waals surface area contributed by atoms with Crippen molar-refractivity contribution in [3.05, 3.63) is 83.9 Å². The molecule has 1 atom stereocenters. The van der Waals surface area contributed by atoms with Crippen molar-refractivity contribution in [3.63, 3.8) is 0 Å². The van der Waals surface area contributed by atoms with Crippen LogP contribution in [-0.2, 0) is 11.2 Å². The van der Waals surface area contributed by atoms with Gasteiger partial charge in [0.2, 0.25) is 0 Å². The highest BCUT2D eigenvalue weighted by molar-refractivity contribution is 5.85. The van der Waals surface area contributed by atoms with Crippen molar-refractivity contribution in [3.8, 4) is 5.69 Å². The molecule has 0 amide bonds. The van der Waals surface area contributed by atoms with Crippen LogP contribution in [0.5, 0.6) is 0 Å². The van der Waals surface area contributed by atoms with E-state index in [9.17, 15) is 4.79 Å². The van der Waals surface area contributed by atoms with Gasteiger partial charge in [0.05, 0.1) is 6.33 Å². The lowest BCUT2D eigenvalue weighted by Crippen LogP contribution is -2.09. The van der Waals surface area contributed by atoms with Gasteiger partial charge in [-0.05, 0) is 49.4 Å². The van der Waals surface area contributed by atoms with Gasteiger partial charge in [-0.3, -0.25) is 4.79 Å². The van der Waals surface area contributed by atoms with Gasteiger partial charge < -0.3 is 4.57 Å². The predicted octanol–water partition coefficient (Wildman–Crippen LogP) is 5.66. The Morgan fingerprint density at radius 3 is 2.70 bits per heavy atom. The first kappa shape index (κ1) is 19.1. The number of aryl methyl sites for hydroxylation is 2. The van der Waals surface area contributed by atoms with E-state index in [2.05, 4.69) is 54.4 Å². The van der Waals surface area contributed by atoms with E-state index in [4.69, 9.17) is 0 Å². The number of benzene rings is 2. The van der Waals surface area contributed by atoms with E-state index in [1.807, 2.05) is 30.1 Å². The molecule has 0 aliphatic carbocycles. The van der Waals surface area contributed by atoms with Gasteiger partial charge in [0.25, 0.3) is 0 Å². The van der Waals surface area contributed by atoms with Gasteiger partial charge in [0.15, 0.2) is 0 Å². The summed E-state index contributed by atoms with van der Waals surface area (Å²) in [7, 11) is 0. The molecule has 0 saturated carbocycles. The van der Waals surface area contributed by atoms with Crippen LogP contribution in [0.3, 0.4) is 0 Å². The van der Waals surface area contributed by atoms with Crippen LogP contribution in [-0.4, -0.2) is 15.3 Å². The van der Waals surface area contributed by atoms with Crippen LogP contribution in [0.1, 0.15) is 55.2 Å². The minimum absolute atomic E-state index is 0.00300. The molecule has 2 aromatic carbocycles. The fraction of sp³-hybridized carbons (Fsp3) is 0.333. The lowest BCUT2D eigenvalue weighted by Gasteiger charge is -2.11. The van der Waals surface area contributed by atoms with Gasteiger partial charge in [-0.15, -0.1) is 0 Å². The highest BCUT2D eigenvalue weighted by Gasteiger charge is 2.14. The zero-order valence-corrected chi connectivity index (χ0v) is 16.3. The zero-order chi connectivity index (χ0) is 19.1. The molecule has 0 fully saturated rings. The summed E-state index contributed by atoms with van der Waals surface area (Å²) in [5, 5.41) is 0. The number of imidazole rings is 1. The van der Waals surface area contributed by atoms with Crippen LogP contribution in [0.4, 0.5) is 0 Å². The van der Waals surface area contributed by atoms with Crippen molar-refractivity contribution >= 4 is 5.78 Å². The number of hydrogen-bond donors (Lipinski definition) is 0. The van der Waals surface area contributed by atoms with E-state index >= 15 is 0 Å². The quantitative estimate of drug-likeness (QED) is 0.462. The number of nitrogens with zero attached hydrogens (tertiary/aromatic N) is 2. The largest absolute Gasteiger partial charge is 0.306 e. The predicted molar refractivity (Wildman–Crippen MR) is 110 cm³/mol. The Labute approximate surface area is 162 Å². The van der Waals surface area contributed by atoms with E-state index < -0.39 is 0 Å². The van der Waals surface area contributed by atoms with Gasteiger partial charge in [-0.2, -0.15) is 0 Å². The van der Waals surface area contributed by atoms with Crippen LogP contribution in [0.15, 0.2) is 67.3 Å². The Hall–Kier alpha value is -2.68. The Balaban J connectivity index is 1.42. The number of carbonyl (C=O) groups is 1. The highest BCUT2D eigenvalue weighted by atomic mass is 16.1. The van der Waals surface area contributed by atoms with Gasteiger partial charge in [0.1, 0.15) is 5.78 Å². The number of Topliss-reactive ketones (excluding diaryl/α,β-unsaturated/α-hetero) is 1. The number of hydrogen-bond acceptors (Lipinski definition) is 2. The van der Waals surface area contributed by atoms with Crippen molar-refractivity contribution < 1.29 is 4.79 Å². The maximum atomic E-state index is 12.5. The van der Waals surface area contributed by atoms with E-state index in [1.165, 1.54) is 11.1 Å². The Morgan fingerprint density at radius 2 is 1.93 bits per heavy atom. The molecule has 0 N–H and O–H groups in total. The van der Waals surface area contributed by atoms with Crippen LogP contribution in [0.2, 0.25) is 0 Å². The first-order valence-corrected chi connectivity index (χ1v) is 9.80. The SMILES string of the molecule is Cc1cccc(C(C)C(=O)CCCCCc2cccc(-n3ccnc3)c2)c1. The molecular formula is C24H28N2O. The third-order valence-corrected chi connectivity index (χ3v) is 5.13. The van der Waals surface area contributed by atoms with Gasteiger partial charge >= 0.3 is 0 Å². The molecule has 3 rings (SSSR count). The molecule has 0 radical (unpaired) electrons. The molecule has 0 aliphatic heterocycles. The summed E-state index contributed by atoms with van der Waals surface area (Å²) >= 11 is 0. The van der Waals surface area contributed by atoms with E-state index in [-0.39, 0.29) is 5.92 Å². The molecule has 1 aromatic heterocycles. The van der Waals surface area contributed by atoms with Crippen LogP contribution in [0, 0.1) is 6.92 Å². The zero-order valence-electron chi connectivity index (χ0n) is 16.3. The van der Waals surface area contributed by atoms with E-state index in [1.54, 1.807) is 6.20 Å². The maximum Gasteiger partial charge on any atom is 0.140 e. The smallest absolute Gasteiger partial charge is 0.140 e. The molecule has 1 unspecified atom stereocenters. The minimum atomic E-state index is -0.00300. The van der Waals surface area contributed by atoms with E-state index in [0.717, 1.165) is 36.9 Å². The minimum Gasteiger partial charge on any atom is -0.306 e. The number of rotatable bonds is 9. The van der Waals surface area contributed by atoms with Crippen molar-refractivity contribution in [2.45, 2.75) is 51.9 Å². The summed E-state index contributed by atoms with van der Waals surface area (Å²) < 4.78 is 2.02. The highest BCUT2D eigenvalue weighted by Crippen LogP contribution is 2.20. The number of carbonyl (C=O) groups excluding carboxylic acids is 1. The molecule has 3 heteroatoms. The van der Waals surface area contributed by atoms with Crippen LogP contribution in [0.25, 0.3) is 5.69 Å². The average molecular weight is 361 g/mol. The normalized spacial score (nSPS) is 12.1. The fourth-order valence-electron chi connectivity index (χ4n) is 3.43. The molecule has 0 aliphatic rings. The van der Waals surface area contributed by atoms with Gasteiger partial charge in [0, 0.05) is 30.4 Å². The summed E-state index contributed by atoms with van der Waals surface area (Å²) in [5.74, 6) is 0.347. The second-order valence-electron chi connectivity index (χ2n) is 7.30. The van der Waals surface area contributed by atoms with Crippen LogP contribution >= 0.6 is 0 Å². The Bertz CT molecular complexity index is 868. The third-order valence-electron chi connectivity index (χ3n) is 5.13. The van der Waals surface area contributed by atoms with Crippen molar-refractivity contribution in [1.29, 1.82) is 0 Å². The molecule has 3 nitrogen and oxygen atoms in total. The molecule has 27 heavy (non-hydrogen) atoms. The monoisotopic (exact) mass is 360 g/mol. The van der Waals surface area contributed by atoms with E-state index in [0.29, 0.717) is 12.2 Å². The summed E-state index contributed by atoms with van der Waals surface area (Å²) in [6.45, 7) is 4.10. The number of ketones is 1. The lowest BCUT2D eigenvalue weighted by molar-refractivity contribution is -0.120. The first-order valence-electron chi connectivity index (χ1n) is 9.80. The Kier molecular flexibility index (Phi) is 6.59. The summed E-state index contributed by atoms with van der Waals surface area (Å²) in [6, 6.07) is 16.9. The van der Waals surface area contributed by atoms with Crippen molar-refractivity contribution in [2.24, 2.45) is 0 Å². The second-order valence-corrected chi connectivity index (χ2v) is 7.30. The fourth-order valence-corrected chi connectivity index (χ4v) is 3.43. The number of unbranched alkanes of at least 4 members (excludes halogenated alkanes) is 2. The second kappa shape index (κ2) is 9.31. The van der Waals surface area contributed by atoms with Gasteiger partial charge in [-0.25, -0.2) is 4.98 Å². The standard InChI is InChI=1S/C24H28N2O/c1-19-8-6-11-22(16-19)20(2)24(27)13-5-3-4-9-21-10-7-12-23(17-21)26-15-14-25-18-26/h6-8,10-12,14-18,20H,3-5,9,13H2,1-2H3. The lowest BCUT2D eigenvalue weighted by atomic mass is 9.92. The van der Waals surface area contributed by atoms with Crippen LogP contribution < -0.4 is 0 Å². The molecule has 0 spiro atoms. The summed E-state index contributed by atoms with van der Waals surface area (Å²) in [5.41, 5.74) is 4.83. The summed E-state index contributed by atoms with van der Waals surface area (Å²) in [6.07, 6.45) is 10.5. The van der Waals surface area contributed by atoms with Crippen molar-refractivity contribution in [2.75, 3.05) is 0 Å². The Morgan fingerprint density at radius 1 is 1.07 bits per heavy atom. The molecule has 1 heterocycles. The molecule has 0 bridgehead atoms. The average Bonchev–Trinajstić information content (AvgIpc) is 3.22. The molecule has 0 saturated heterocycles. The molecule has 3 aromatic rings. The molecule has 140 valence electrons. The topological polar surface area (TPSA) is 34.9 Å². The molecular weight excluding hydrogens is 332 g/mol. The number of aromatic nitrogens is 2. The first-order chi connectivity index (χ1) is 13.1.